The number of amides is 1. The van der Waals surface area contributed by atoms with Gasteiger partial charge in [0, 0.05) is 26.2 Å². The van der Waals surface area contributed by atoms with Gasteiger partial charge in [-0.1, -0.05) is 32.9 Å². The van der Waals surface area contributed by atoms with Gasteiger partial charge in [-0.2, -0.15) is 9.40 Å². The first-order valence-corrected chi connectivity index (χ1v) is 12.1. The van der Waals surface area contributed by atoms with Crippen molar-refractivity contribution in [2.24, 2.45) is 0 Å². The van der Waals surface area contributed by atoms with Gasteiger partial charge in [-0.25, -0.2) is 8.42 Å². The van der Waals surface area contributed by atoms with Gasteiger partial charge < -0.3 is 4.90 Å². The van der Waals surface area contributed by atoms with Crippen LogP contribution < -0.4 is 0 Å². The number of carbonyl (C=O) groups is 1. The van der Waals surface area contributed by atoms with E-state index in [-0.39, 0.29) is 30.0 Å². The van der Waals surface area contributed by atoms with Gasteiger partial charge in [0.15, 0.2) is 0 Å². The summed E-state index contributed by atoms with van der Waals surface area (Å²) in [6, 6.07) is 8.91. The highest BCUT2D eigenvalue weighted by atomic mass is 32.2. The topological polar surface area (TPSA) is 75.5 Å². The molecule has 0 atom stereocenters. The average molecular weight is 447 g/mol. The van der Waals surface area contributed by atoms with Gasteiger partial charge in [-0.3, -0.25) is 9.48 Å². The van der Waals surface area contributed by atoms with Gasteiger partial charge in [0.25, 0.3) is 5.91 Å². The monoisotopic (exact) mass is 446 g/mol. The average Bonchev–Trinajstić information content (AvgIpc) is 3.09. The van der Waals surface area contributed by atoms with E-state index in [1.165, 1.54) is 4.31 Å². The maximum atomic E-state index is 13.1. The van der Waals surface area contributed by atoms with Crippen molar-refractivity contribution in [3.63, 3.8) is 0 Å². The standard InChI is InChI=1S/C23H34N4O3S/c1-17-16-20(27(24-17)23(5,6)7)21(28)25-12-14-26(15-13-25)31(29,30)19-10-8-18(9-11-19)22(2,3)4/h8-11,16H,12-15H2,1-7H3. The number of hydrogen-bond acceptors (Lipinski definition) is 4. The molecule has 0 radical (unpaired) electrons. The fourth-order valence-corrected chi connectivity index (χ4v) is 5.15. The van der Waals surface area contributed by atoms with E-state index in [0.717, 1.165) is 11.3 Å². The highest BCUT2D eigenvalue weighted by Gasteiger charge is 2.33. The van der Waals surface area contributed by atoms with Crippen LogP contribution in [0.25, 0.3) is 0 Å². The molecule has 0 bridgehead atoms. The summed E-state index contributed by atoms with van der Waals surface area (Å²) in [6.07, 6.45) is 0. The van der Waals surface area contributed by atoms with Crippen molar-refractivity contribution >= 4 is 15.9 Å². The van der Waals surface area contributed by atoms with Crippen molar-refractivity contribution < 1.29 is 13.2 Å². The molecule has 31 heavy (non-hydrogen) atoms. The molecule has 2 aromatic rings. The van der Waals surface area contributed by atoms with Crippen LogP contribution in [0.5, 0.6) is 0 Å². The van der Waals surface area contributed by atoms with Crippen molar-refractivity contribution in [3.8, 4) is 0 Å². The normalized spacial score (nSPS) is 16.5. The van der Waals surface area contributed by atoms with E-state index in [1.54, 1.807) is 27.8 Å². The van der Waals surface area contributed by atoms with Crippen molar-refractivity contribution in [1.29, 1.82) is 0 Å². The van der Waals surface area contributed by atoms with Gasteiger partial charge >= 0.3 is 0 Å². The molecule has 0 N–H and O–H groups in total. The summed E-state index contributed by atoms with van der Waals surface area (Å²) in [5, 5.41) is 4.48. The number of aromatic nitrogens is 2. The van der Waals surface area contributed by atoms with Crippen molar-refractivity contribution in [3.05, 3.63) is 47.3 Å². The molecule has 0 spiro atoms. The van der Waals surface area contributed by atoms with Crippen molar-refractivity contribution in [2.75, 3.05) is 26.2 Å². The number of nitrogens with zero attached hydrogens (tertiary/aromatic N) is 4. The molecule has 1 saturated heterocycles. The Morgan fingerprint density at radius 2 is 1.48 bits per heavy atom. The number of sulfonamides is 1. The molecule has 1 amide bonds. The number of aryl methyl sites for hydroxylation is 1. The van der Waals surface area contributed by atoms with E-state index in [4.69, 9.17) is 0 Å². The molecule has 3 rings (SSSR count). The molecule has 1 fully saturated rings. The van der Waals surface area contributed by atoms with Gasteiger partial charge in [-0.15, -0.1) is 0 Å². The first-order valence-electron chi connectivity index (χ1n) is 10.7. The second-order valence-electron chi connectivity index (χ2n) is 10.2. The Morgan fingerprint density at radius 1 is 0.935 bits per heavy atom. The first kappa shape index (κ1) is 23.5. The molecule has 1 aliphatic heterocycles. The predicted octanol–water partition coefficient (Wildman–Crippen LogP) is 3.39. The minimum atomic E-state index is -3.59. The van der Waals surface area contributed by atoms with Gasteiger partial charge in [0.1, 0.15) is 5.69 Å². The molecule has 1 aromatic carbocycles. The van der Waals surface area contributed by atoms with Crippen LogP contribution in [0.1, 0.15) is 63.3 Å². The lowest BCUT2D eigenvalue weighted by molar-refractivity contribution is 0.0677. The van der Waals surface area contributed by atoms with E-state index in [9.17, 15) is 13.2 Å². The van der Waals surface area contributed by atoms with E-state index in [2.05, 4.69) is 25.9 Å². The summed E-state index contributed by atoms with van der Waals surface area (Å²) in [4.78, 5) is 15.1. The summed E-state index contributed by atoms with van der Waals surface area (Å²) in [5.41, 5.74) is 2.07. The minimum Gasteiger partial charge on any atom is -0.335 e. The lowest BCUT2D eigenvalue weighted by atomic mass is 9.87. The van der Waals surface area contributed by atoms with Gasteiger partial charge in [0.2, 0.25) is 10.0 Å². The zero-order valence-corrected chi connectivity index (χ0v) is 20.5. The highest BCUT2D eigenvalue weighted by molar-refractivity contribution is 7.89. The Kier molecular flexibility index (Phi) is 6.10. The Balaban J connectivity index is 1.73. The summed E-state index contributed by atoms with van der Waals surface area (Å²) in [5.74, 6) is -0.109. The quantitative estimate of drug-likeness (QED) is 0.724. The largest absolute Gasteiger partial charge is 0.335 e. The van der Waals surface area contributed by atoms with Crippen LogP contribution in [0.2, 0.25) is 0 Å². The van der Waals surface area contributed by atoms with E-state index < -0.39 is 10.0 Å². The Labute approximate surface area is 186 Å². The third-order valence-corrected chi connectivity index (χ3v) is 7.48. The Bertz CT molecular complexity index is 1050. The van der Waals surface area contributed by atoms with Gasteiger partial charge in [-0.05, 0) is 56.9 Å². The Morgan fingerprint density at radius 3 is 1.97 bits per heavy atom. The summed E-state index contributed by atoms with van der Waals surface area (Å²) in [6.45, 7) is 15.4. The fourth-order valence-electron chi connectivity index (χ4n) is 3.73. The van der Waals surface area contributed by atoms with Crippen LogP contribution in [-0.2, 0) is 21.0 Å². The lowest BCUT2D eigenvalue weighted by Gasteiger charge is -2.34. The number of piperazine rings is 1. The van der Waals surface area contributed by atoms with E-state index >= 15 is 0 Å². The molecule has 2 heterocycles. The van der Waals surface area contributed by atoms with E-state index in [1.807, 2.05) is 39.8 Å². The van der Waals surface area contributed by atoms with Crippen LogP contribution in [0.4, 0.5) is 0 Å². The smallest absolute Gasteiger partial charge is 0.272 e. The molecule has 8 heteroatoms. The van der Waals surface area contributed by atoms with Crippen LogP contribution in [-0.4, -0.2) is 59.5 Å². The number of benzene rings is 1. The lowest BCUT2D eigenvalue weighted by Crippen LogP contribution is -2.51. The molecule has 0 unspecified atom stereocenters. The van der Waals surface area contributed by atoms with Gasteiger partial charge in [0.05, 0.1) is 16.1 Å². The second kappa shape index (κ2) is 8.06. The molecular weight excluding hydrogens is 412 g/mol. The zero-order valence-electron chi connectivity index (χ0n) is 19.6. The van der Waals surface area contributed by atoms with Crippen LogP contribution in [0, 0.1) is 6.92 Å². The van der Waals surface area contributed by atoms with Crippen molar-refractivity contribution in [2.45, 2.75) is 64.3 Å². The third kappa shape index (κ3) is 4.85. The zero-order chi connectivity index (χ0) is 23.2. The maximum Gasteiger partial charge on any atom is 0.272 e. The fraction of sp³-hybridized carbons (Fsp3) is 0.565. The summed E-state index contributed by atoms with van der Waals surface area (Å²) in [7, 11) is -3.59. The van der Waals surface area contributed by atoms with Crippen LogP contribution in [0.3, 0.4) is 0 Å². The highest BCUT2D eigenvalue weighted by Crippen LogP contribution is 2.25. The number of carbonyl (C=O) groups excluding carboxylic acids is 1. The molecule has 170 valence electrons. The van der Waals surface area contributed by atoms with Crippen LogP contribution >= 0.6 is 0 Å². The summed E-state index contributed by atoms with van der Waals surface area (Å²) >= 11 is 0. The maximum absolute atomic E-state index is 13.1. The molecule has 1 aliphatic rings. The van der Waals surface area contributed by atoms with Crippen molar-refractivity contribution in [1.82, 2.24) is 19.0 Å². The molecule has 0 saturated carbocycles. The molecule has 0 aliphatic carbocycles. The third-order valence-electron chi connectivity index (χ3n) is 5.57. The summed E-state index contributed by atoms with van der Waals surface area (Å²) < 4.78 is 29.4. The number of rotatable bonds is 3. The minimum absolute atomic E-state index is 0.0355. The molecule has 7 nitrogen and oxygen atoms in total. The Hall–Kier alpha value is -2.19. The SMILES string of the molecule is Cc1cc(C(=O)N2CCN(S(=O)(=O)c3ccc(C(C)(C)C)cc3)CC2)n(C(C)(C)C)n1. The van der Waals surface area contributed by atoms with E-state index in [0.29, 0.717) is 23.7 Å². The second-order valence-corrected chi connectivity index (χ2v) is 12.2. The molecule has 1 aromatic heterocycles. The predicted molar refractivity (Wildman–Crippen MR) is 122 cm³/mol. The first-order chi connectivity index (χ1) is 14.2. The molecular formula is C23H34N4O3S. The number of hydrogen-bond donors (Lipinski definition) is 0. The van der Waals surface area contributed by atoms with Crippen LogP contribution in [0.15, 0.2) is 35.2 Å².